The van der Waals surface area contributed by atoms with Gasteiger partial charge in [0, 0.05) is 17.5 Å². The zero-order valence-electron chi connectivity index (χ0n) is 10.0. The molecule has 0 radical (unpaired) electrons. The van der Waals surface area contributed by atoms with Crippen LogP contribution in [0.1, 0.15) is 24.0 Å². The molecule has 1 aromatic rings. The van der Waals surface area contributed by atoms with Crippen molar-refractivity contribution in [3.05, 3.63) is 33.4 Å². The molecular formula is C12H16ClNO3. The number of benzene rings is 1. The minimum Gasteiger partial charge on any atom is -0.493 e. The fourth-order valence-corrected chi connectivity index (χ4v) is 1.69. The van der Waals surface area contributed by atoms with Gasteiger partial charge in [0.1, 0.15) is 5.75 Å². The van der Waals surface area contributed by atoms with E-state index in [4.69, 9.17) is 16.3 Å². The molecule has 0 fully saturated rings. The largest absolute Gasteiger partial charge is 0.493 e. The van der Waals surface area contributed by atoms with Crippen LogP contribution in [0.3, 0.4) is 0 Å². The monoisotopic (exact) mass is 257 g/mol. The van der Waals surface area contributed by atoms with Crippen molar-refractivity contribution in [2.45, 2.75) is 26.7 Å². The number of halogens is 1. The fraction of sp³-hybridized carbons (Fsp3) is 0.500. The number of aryl methyl sites for hydroxylation is 2. The number of alkyl halides is 1. The van der Waals surface area contributed by atoms with E-state index >= 15 is 0 Å². The van der Waals surface area contributed by atoms with Gasteiger partial charge in [0.05, 0.1) is 11.5 Å². The lowest BCUT2D eigenvalue weighted by atomic mass is 10.1. The van der Waals surface area contributed by atoms with Crippen LogP contribution in [0.15, 0.2) is 12.1 Å². The Morgan fingerprint density at radius 1 is 1.29 bits per heavy atom. The number of nitro groups is 1. The molecule has 1 aromatic carbocycles. The van der Waals surface area contributed by atoms with Gasteiger partial charge in [0.2, 0.25) is 0 Å². The zero-order chi connectivity index (χ0) is 12.8. The van der Waals surface area contributed by atoms with Gasteiger partial charge in [-0.1, -0.05) is 0 Å². The summed E-state index contributed by atoms with van der Waals surface area (Å²) in [5.41, 5.74) is 1.54. The number of nitrogens with zero attached hydrogens (tertiary/aromatic N) is 1. The molecule has 0 spiro atoms. The highest BCUT2D eigenvalue weighted by Crippen LogP contribution is 2.27. The van der Waals surface area contributed by atoms with Gasteiger partial charge in [-0.15, -0.1) is 11.6 Å². The molecule has 1 rings (SSSR count). The first-order chi connectivity index (χ1) is 8.06. The van der Waals surface area contributed by atoms with Gasteiger partial charge in [-0.3, -0.25) is 10.1 Å². The molecule has 17 heavy (non-hydrogen) atoms. The highest BCUT2D eigenvalue weighted by molar-refractivity contribution is 6.17. The highest BCUT2D eigenvalue weighted by atomic mass is 35.5. The second kappa shape index (κ2) is 6.45. The fourth-order valence-electron chi connectivity index (χ4n) is 1.51. The zero-order valence-corrected chi connectivity index (χ0v) is 10.8. The average Bonchev–Trinajstić information content (AvgIpc) is 2.28. The van der Waals surface area contributed by atoms with E-state index < -0.39 is 0 Å². The number of rotatable bonds is 6. The third kappa shape index (κ3) is 3.89. The van der Waals surface area contributed by atoms with Crippen molar-refractivity contribution in [3.8, 4) is 5.75 Å². The number of ether oxygens (including phenoxy) is 1. The van der Waals surface area contributed by atoms with Crippen molar-refractivity contribution >= 4 is 17.3 Å². The van der Waals surface area contributed by atoms with E-state index in [9.17, 15) is 10.1 Å². The van der Waals surface area contributed by atoms with Gasteiger partial charge in [0.15, 0.2) is 0 Å². The Kier molecular flexibility index (Phi) is 5.22. The summed E-state index contributed by atoms with van der Waals surface area (Å²) >= 11 is 5.56. The Bertz CT molecular complexity index is 407. The van der Waals surface area contributed by atoms with Crippen LogP contribution in [0.5, 0.6) is 5.75 Å². The molecule has 0 amide bonds. The van der Waals surface area contributed by atoms with Gasteiger partial charge in [0.25, 0.3) is 5.69 Å². The third-order valence-corrected chi connectivity index (χ3v) is 2.74. The van der Waals surface area contributed by atoms with Gasteiger partial charge < -0.3 is 4.74 Å². The maximum atomic E-state index is 10.7. The lowest BCUT2D eigenvalue weighted by molar-refractivity contribution is -0.385. The van der Waals surface area contributed by atoms with Crippen LogP contribution in [0.4, 0.5) is 5.69 Å². The van der Waals surface area contributed by atoms with Crippen molar-refractivity contribution in [2.24, 2.45) is 0 Å². The van der Waals surface area contributed by atoms with Crippen LogP contribution < -0.4 is 4.74 Å². The molecule has 0 bridgehead atoms. The molecule has 0 heterocycles. The van der Waals surface area contributed by atoms with Crippen molar-refractivity contribution in [2.75, 3.05) is 12.5 Å². The van der Waals surface area contributed by atoms with E-state index in [2.05, 4.69) is 0 Å². The van der Waals surface area contributed by atoms with E-state index in [0.29, 0.717) is 23.8 Å². The molecule has 0 N–H and O–H groups in total. The predicted octanol–water partition coefficient (Wildman–Crippen LogP) is 3.61. The molecule has 0 unspecified atom stereocenters. The van der Waals surface area contributed by atoms with Crippen LogP contribution in [0, 0.1) is 24.0 Å². The lowest BCUT2D eigenvalue weighted by Crippen LogP contribution is -2.01. The second-order valence-electron chi connectivity index (χ2n) is 3.91. The molecule has 0 atom stereocenters. The Hall–Kier alpha value is -1.29. The number of nitro benzene ring substituents is 1. The maximum absolute atomic E-state index is 10.7. The molecule has 0 saturated heterocycles. The van der Waals surface area contributed by atoms with E-state index in [-0.39, 0.29) is 10.6 Å². The standard InChI is InChI=1S/C12H16ClNO3/c1-9-8-12(17-6-4-3-5-13)10(2)7-11(9)14(15)16/h7-8H,3-6H2,1-2H3. The summed E-state index contributed by atoms with van der Waals surface area (Å²) in [6.07, 6.45) is 1.80. The molecule has 0 aliphatic heterocycles. The average molecular weight is 258 g/mol. The van der Waals surface area contributed by atoms with Crippen molar-refractivity contribution < 1.29 is 9.66 Å². The quantitative estimate of drug-likeness (QED) is 0.339. The van der Waals surface area contributed by atoms with Crippen LogP contribution in [0.2, 0.25) is 0 Å². The smallest absolute Gasteiger partial charge is 0.272 e. The molecule has 4 nitrogen and oxygen atoms in total. The van der Waals surface area contributed by atoms with Crippen molar-refractivity contribution in [1.29, 1.82) is 0 Å². The number of hydrogen-bond acceptors (Lipinski definition) is 3. The van der Waals surface area contributed by atoms with E-state index in [0.717, 1.165) is 18.4 Å². The normalized spacial score (nSPS) is 10.3. The van der Waals surface area contributed by atoms with E-state index in [1.165, 1.54) is 0 Å². The highest BCUT2D eigenvalue weighted by Gasteiger charge is 2.13. The first-order valence-electron chi connectivity index (χ1n) is 5.50. The second-order valence-corrected chi connectivity index (χ2v) is 4.28. The Morgan fingerprint density at radius 3 is 2.59 bits per heavy atom. The molecule has 5 heteroatoms. The van der Waals surface area contributed by atoms with Crippen molar-refractivity contribution in [3.63, 3.8) is 0 Å². The Morgan fingerprint density at radius 2 is 2.00 bits per heavy atom. The van der Waals surface area contributed by atoms with Gasteiger partial charge in [-0.2, -0.15) is 0 Å². The minimum absolute atomic E-state index is 0.135. The summed E-state index contributed by atoms with van der Waals surface area (Å²) in [7, 11) is 0. The number of unbranched alkanes of at least 4 members (excludes halogenated alkanes) is 1. The van der Waals surface area contributed by atoms with Gasteiger partial charge >= 0.3 is 0 Å². The molecule has 94 valence electrons. The summed E-state index contributed by atoms with van der Waals surface area (Å²) < 4.78 is 5.57. The topological polar surface area (TPSA) is 52.4 Å². The molecule has 0 aromatic heterocycles. The van der Waals surface area contributed by atoms with E-state index in [1.54, 1.807) is 19.1 Å². The Labute approximate surface area is 106 Å². The predicted molar refractivity (Wildman–Crippen MR) is 68.0 cm³/mol. The molecular weight excluding hydrogens is 242 g/mol. The van der Waals surface area contributed by atoms with Gasteiger partial charge in [-0.25, -0.2) is 0 Å². The maximum Gasteiger partial charge on any atom is 0.272 e. The lowest BCUT2D eigenvalue weighted by Gasteiger charge is -2.09. The summed E-state index contributed by atoms with van der Waals surface area (Å²) in [6, 6.07) is 3.26. The Balaban J connectivity index is 2.74. The molecule has 0 saturated carbocycles. The van der Waals surface area contributed by atoms with Crippen LogP contribution in [0.25, 0.3) is 0 Å². The summed E-state index contributed by atoms with van der Waals surface area (Å²) in [5.74, 6) is 1.34. The summed E-state index contributed by atoms with van der Waals surface area (Å²) in [6.45, 7) is 4.11. The minimum atomic E-state index is -0.375. The summed E-state index contributed by atoms with van der Waals surface area (Å²) in [4.78, 5) is 10.4. The SMILES string of the molecule is Cc1cc([N+](=O)[O-])c(C)cc1OCCCCCl. The summed E-state index contributed by atoms with van der Waals surface area (Å²) in [5, 5.41) is 10.7. The first kappa shape index (κ1) is 13.8. The first-order valence-corrected chi connectivity index (χ1v) is 6.04. The van der Waals surface area contributed by atoms with Crippen molar-refractivity contribution in [1.82, 2.24) is 0 Å². The number of hydrogen-bond donors (Lipinski definition) is 0. The van der Waals surface area contributed by atoms with Crippen LogP contribution in [-0.2, 0) is 0 Å². The third-order valence-electron chi connectivity index (χ3n) is 2.48. The molecule has 0 aliphatic rings. The van der Waals surface area contributed by atoms with E-state index in [1.807, 2.05) is 6.92 Å². The van der Waals surface area contributed by atoms with Gasteiger partial charge in [-0.05, 0) is 38.3 Å². The molecule has 0 aliphatic carbocycles. The van der Waals surface area contributed by atoms with Crippen LogP contribution in [-0.4, -0.2) is 17.4 Å². The van der Waals surface area contributed by atoms with Crippen LogP contribution >= 0.6 is 11.6 Å².